The van der Waals surface area contributed by atoms with Crippen LogP contribution >= 0.6 is 0 Å². The number of aliphatic imine (C=N–C) groups is 1. The van der Waals surface area contributed by atoms with E-state index < -0.39 is 18.1 Å². The second kappa shape index (κ2) is 6.67. The maximum Gasteiger partial charge on any atom is 0.124 e. The Labute approximate surface area is 121 Å². The maximum absolute atomic E-state index is 11.2. The normalized spacial score (nSPS) is 14.0. The molecule has 0 aliphatic heterocycles. The van der Waals surface area contributed by atoms with Gasteiger partial charge in [-0.2, -0.15) is 0 Å². The number of aromatic hydroxyl groups is 1. The van der Waals surface area contributed by atoms with Crippen LogP contribution in [0.1, 0.15) is 17.2 Å². The summed E-state index contributed by atoms with van der Waals surface area (Å²) in [5.74, 6) is -1.51. The van der Waals surface area contributed by atoms with E-state index in [0.717, 1.165) is 0 Å². The van der Waals surface area contributed by atoms with Crippen LogP contribution in [0.2, 0.25) is 0 Å². The Balaban J connectivity index is 2.24. The highest BCUT2D eigenvalue weighted by Gasteiger charge is 2.20. The van der Waals surface area contributed by atoms with Gasteiger partial charge in [-0.3, -0.25) is 4.99 Å². The van der Waals surface area contributed by atoms with Gasteiger partial charge in [-0.15, -0.1) is 0 Å². The monoisotopic (exact) mass is 284 g/mol. The van der Waals surface area contributed by atoms with Gasteiger partial charge in [0.2, 0.25) is 0 Å². The Bertz CT molecular complexity index is 640. The lowest BCUT2D eigenvalue weighted by atomic mass is 10.0. The standard InChI is InChI=1S/C16H15NO4/c18-13-9-5-4-8-12(13)10-17-14(16(20)21)15(19)11-6-2-1-3-7-11/h1-10,14-15,18-19H,(H,20,21)/p-1/t14-,15+/m1/s1. The Morgan fingerprint density at radius 1 is 1.10 bits per heavy atom. The summed E-state index contributed by atoms with van der Waals surface area (Å²) in [5.41, 5.74) is 0.796. The molecule has 0 spiro atoms. The number of phenols is 1. The highest BCUT2D eigenvalue weighted by atomic mass is 16.4. The number of aliphatic hydroxyl groups excluding tert-OH is 1. The number of para-hydroxylation sites is 1. The van der Waals surface area contributed by atoms with Gasteiger partial charge in [0.05, 0.1) is 5.97 Å². The van der Waals surface area contributed by atoms with Gasteiger partial charge in [0.15, 0.2) is 0 Å². The SMILES string of the molecule is O=C([O-])[C@H](N=Cc1ccccc1O)[C@@H](O)c1ccccc1. The number of rotatable bonds is 5. The average molecular weight is 284 g/mol. The molecule has 0 amide bonds. The second-order valence-electron chi connectivity index (χ2n) is 4.46. The van der Waals surface area contributed by atoms with Gasteiger partial charge in [-0.25, -0.2) is 0 Å². The lowest BCUT2D eigenvalue weighted by molar-refractivity contribution is -0.309. The molecule has 0 radical (unpaired) electrons. The molecular weight excluding hydrogens is 270 g/mol. The largest absolute Gasteiger partial charge is 0.548 e. The number of carboxylic acids is 1. The number of benzene rings is 2. The van der Waals surface area contributed by atoms with E-state index in [1.165, 1.54) is 12.3 Å². The zero-order valence-corrected chi connectivity index (χ0v) is 11.1. The van der Waals surface area contributed by atoms with E-state index in [0.29, 0.717) is 11.1 Å². The van der Waals surface area contributed by atoms with Crippen LogP contribution < -0.4 is 5.11 Å². The Morgan fingerprint density at radius 3 is 2.33 bits per heavy atom. The van der Waals surface area contributed by atoms with Crippen LogP contribution in [0.4, 0.5) is 0 Å². The van der Waals surface area contributed by atoms with Crippen molar-refractivity contribution in [2.45, 2.75) is 12.1 Å². The Hall–Kier alpha value is -2.66. The second-order valence-corrected chi connectivity index (χ2v) is 4.46. The van der Waals surface area contributed by atoms with Gasteiger partial charge in [0.25, 0.3) is 0 Å². The third kappa shape index (κ3) is 3.67. The average Bonchev–Trinajstić information content (AvgIpc) is 2.49. The van der Waals surface area contributed by atoms with Crippen molar-refractivity contribution >= 4 is 12.2 Å². The van der Waals surface area contributed by atoms with Gasteiger partial charge in [-0.1, -0.05) is 42.5 Å². The summed E-state index contributed by atoms with van der Waals surface area (Å²) in [6, 6.07) is 13.3. The summed E-state index contributed by atoms with van der Waals surface area (Å²) in [7, 11) is 0. The van der Waals surface area contributed by atoms with Crippen LogP contribution in [-0.2, 0) is 4.79 Å². The maximum atomic E-state index is 11.2. The number of aliphatic carboxylic acids is 1. The minimum atomic E-state index is -1.49. The zero-order chi connectivity index (χ0) is 15.2. The fourth-order valence-electron chi connectivity index (χ4n) is 1.86. The molecule has 5 nitrogen and oxygen atoms in total. The van der Waals surface area contributed by atoms with Crippen molar-refractivity contribution in [3.63, 3.8) is 0 Å². The lowest BCUT2D eigenvalue weighted by Gasteiger charge is -2.20. The third-order valence-corrected chi connectivity index (χ3v) is 2.99. The number of carbonyl (C=O) groups excluding carboxylic acids is 1. The molecule has 0 aliphatic rings. The highest BCUT2D eigenvalue weighted by molar-refractivity contribution is 5.85. The first kappa shape index (κ1) is 14.7. The molecule has 0 bridgehead atoms. The number of carboxylic acid groups (broad SMARTS) is 1. The summed E-state index contributed by atoms with van der Waals surface area (Å²) in [6.45, 7) is 0. The van der Waals surface area contributed by atoms with Gasteiger partial charge in [0, 0.05) is 11.8 Å². The molecule has 2 atom stereocenters. The minimum absolute atomic E-state index is 0.0208. The fourth-order valence-corrected chi connectivity index (χ4v) is 1.86. The number of nitrogens with zero attached hydrogens (tertiary/aromatic N) is 1. The van der Waals surface area contributed by atoms with Gasteiger partial charge in [0.1, 0.15) is 17.9 Å². The highest BCUT2D eigenvalue weighted by Crippen LogP contribution is 2.20. The van der Waals surface area contributed by atoms with Crippen molar-refractivity contribution in [3.8, 4) is 5.75 Å². The molecule has 0 heterocycles. The lowest BCUT2D eigenvalue weighted by Crippen LogP contribution is -2.38. The summed E-state index contributed by atoms with van der Waals surface area (Å²) in [5, 5.41) is 30.9. The quantitative estimate of drug-likeness (QED) is 0.789. The molecule has 0 fully saturated rings. The van der Waals surface area contributed by atoms with Crippen LogP contribution in [0, 0.1) is 0 Å². The molecule has 0 aliphatic carbocycles. The first-order chi connectivity index (χ1) is 10.1. The van der Waals surface area contributed by atoms with Crippen LogP contribution in [-0.4, -0.2) is 28.4 Å². The van der Waals surface area contributed by atoms with E-state index in [1.807, 2.05) is 0 Å². The molecule has 2 aromatic carbocycles. The molecule has 21 heavy (non-hydrogen) atoms. The van der Waals surface area contributed by atoms with Crippen LogP contribution in [0.15, 0.2) is 59.6 Å². The minimum Gasteiger partial charge on any atom is -0.548 e. The van der Waals surface area contributed by atoms with Crippen molar-refractivity contribution in [1.29, 1.82) is 0 Å². The van der Waals surface area contributed by atoms with E-state index in [-0.39, 0.29) is 5.75 Å². The molecule has 2 rings (SSSR count). The van der Waals surface area contributed by atoms with Crippen molar-refractivity contribution < 1.29 is 20.1 Å². The summed E-state index contributed by atoms with van der Waals surface area (Å²) < 4.78 is 0. The van der Waals surface area contributed by atoms with Crippen molar-refractivity contribution in [2.24, 2.45) is 4.99 Å². The van der Waals surface area contributed by atoms with Crippen LogP contribution in [0.3, 0.4) is 0 Å². The van der Waals surface area contributed by atoms with E-state index in [9.17, 15) is 20.1 Å². The molecule has 0 aromatic heterocycles. The molecule has 108 valence electrons. The number of phenolic OH excluding ortho intramolecular Hbond substituents is 1. The third-order valence-electron chi connectivity index (χ3n) is 2.99. The zero-order valence-electron chi connectivity index (χ0n) is 11.1. The predicted octanol–water partition coefficient (Wildman–Crippen LogP) is 0.663. The number of hydrogen-bond acceptors (Lipinski definition) is 5. The van der Waals surface area contributed by atoms with Crippen molar-refractivity contribution in [3.05, 3.63) is 65.7 Å². The number of aliphatic hydroxyl groups is 1. The molecule has 0 saturated carbocycles. The van der Waals surface area contributed by atoms with Gasteiger partial charge < -0.3 is 20.1 Å². The van der Waals surface area contributed by atoms with E-state index >= 15 is 0 Å². The number of hydrogen-bond donors (Lipinski definition) is 2. The van der Waals surface area contributed by atoms with E-state index in [2.05, 4.69) is 4.99 Å². The molecule has 2 N–H and O–H groups in total. The molecule has 0 unspecified atom stereocenters. The molecule has 0 saturated heterocycles. The van der Waals surface area contributed by atoms with Gasteiger partial charge >= 0.3 is 0 Å². The fraction of sp³-hybridized carbons (Fsp3) is 0.125. The molecular formula is C16H14NO4-. The smallest absolute Gasteiger partial charge is 0.124 e. The Kier molecular flexibility index (Phi) is 4.68. The van der Waals surface area contributed by atoms with Crippen LogP contribution in [0.25, 0.3) is 0 Å². The molecule has 5 heteroatoms. The molecule has 2 aromatic rings. The van der Waals surface area contributed by atoms with Crippen molar-refractivity contribution in [2.75, 3.05) is 0 Å². The van der Waals surface area contributed by atoms with E-state index in [1.54, 1.807) is 48.5 Å². The first-order valence-corrected chi connectivity index (χ1v) is 6.34. The number of carbonyl (C=O) groups is 1. The Morgan fingerprint density at radius 2 is 1.71 bits per heavy atom. The van der Waals surface area contributed by atoms with Gasteiger partial charge in [-0.05, 0) is 17.7 Å². The van der Waals surface area contributed by atoms with Crippen LogP contribution in [0.5, 0.6) is 5.75 Å². The summed E-state index contributed by atoms with van der Waals surface area (Å²) in [4.78, 5) is 15.0. The summed E-state index contributed by atoms with van der Waals surface area (Å²) in [6.07, 6.45) is -0.111. The van der Waals surface area contributed by atoms with Crippen molar-refractivity contribution in [1.82, 2.24) is 0 Å². The van der Waals surface area contributed by atoms with E-state index in [4.69, 9.17) is 0 Å². The first-order valence-electron chi connectivity index (χ1n) is 6.34. The predicted molar refractivity (Wildman–Crippen MR) is 75.9 cm³/mol. The topological polar surface area (TPSA) is 93.0 Å². The summed E-state index contributed by atoms with van der Waals surface area (Å²) >= 11 is 0.